The quantitative estimate of drug-likeness (QED) is 0.753. The molecular formula is C10H21NOS. The summed E-state index contributed by atoms with van der Waals surface area (Å²) in [7, 11) is 0. The minimum absolute atomic E-state index is 0.541. The molecule has 1 fully saturated rings. The van der Waals surface area contributed by atoms with Crippen LogP contribution in [-0.4, -0.2) is 46.7 Å². The molecule has 0 aromatic heterocycles. The molecule has 0 spiro atoms. The van der Waals surface area contributed by atoms with Crippen LogP contribution in [-0.2, 0) is 0 Å². The van der Waals surface area contributed by atoms with Crippen molar-refractivity contribution in [2.45, 2.75) is 37.5 Å². The summed E-state index contributed by atoms with van der Waals surface area (Å²) >= 11 is 1.95. The van der Waals surface area contributed by atoms with E-state index < -0.39 is 5.60 Å². The number of hydrogen-bond acceptors (Lipinski definition) is 3. The van der Waals surface area contributed by atoms with Gasteiger partial charge in [-0.1, -0.05) is 0 Å². The third-order valence-corrected chi connectivity index (χ3v) is 3.46. The van der Waals surface area contributed by atoms with Gasteiger partial charge in [-0.05, 0) is 39.5 Å². The van der Waals surface area contributed by atoms with Crippen molar-refractivity contribution in [2.24, 2.45) is 0 Å². The molecule has 0 amide bonds. The van der Waals surface area contributed by atoms with Crippen molar-refractivity contribution in [3.8, 4) is 0 Å². The fourth-order valence-electron chi connectivity index (χ4n) is 1.90. The fraction of sp³-hybridized carbons (Fsp3) is 1.00. The summed E-state index contributed by atoms with van der Waals surface area (Å²) in [5, 5.41) is 10.5. The molecule has 78 valence electrons. The van der Waals surface area contributed by atoms with Gasteiger partial charge in [0.2, 0.25) is 0 Å². The molecule has 0 bridgehead atoms. The van der Waals surface area contributed by atoms with Gasteiger partial charge in [0.25, 0.3) is 0 Å². The van der Waals surface area contributed by atoms with E-state index in [0.717, 1.165) is 24.9 Å². The lowest BCUT2D eigenvalue weighted by molar-refractivity contribution is 0.0310. The molecule has 1 aliphatic rings. The van der Waals surface area contributed by atoms with E-state index in [1.165, 1.54) is 12.8 Å². The Balaban J connectivity index is 2.34. The topological polar surface area (TPSA) is 23.5 Å². The Morgan fingerprint density at radius 2 is 2.23 bits per heavy atom. The molecule has 1 saturated heterocycles. The summed E-state index contributed by atoms with van der Waals surface area (Å²) in [4.78, 5) is 2.38. The van der Waals surface area contributed by atoms with E-state index in [1.807, 2.05) is 25.6 Å². The van der Waals surface area contributed by atoms with E-state index in [4.69, 9.17) is 0 Å². The van der Waals surface area contributed by atoms with Crippen molar-refractivity contribution in [3.05, 3.63) is 0 Å². The maximum Gasteiger partial charge on any atom is 0.0718 e. The Morgan fingerprint density at radius 3 is 2.77 bits per heavy atom. The number of hydrogen-bond donors (Lipinski definition) is 1. The lowest BCUT2D eigenvalue weighted by atomic mass is 10.1. The van der Waals surface area contributed by atoms with Gasteiger partial charge in [-0.3, -0.25) is 4.90 Å². The average molecular weight is 203 g/mol. The number of thioether (sulfide) groups is 1. The second-order valence-corrected chi connectivity index (χ2v) is 5.69. The van der Waals surface area contributed by atoms with Crippen molar-refractivity contribution in [1.82, 2.24) is 4.90 Å². The zero-order valence-electron chi connectivity index (χ0n) is 8.92. The van der Waals surface area contributed by atoms with E-state index in [9.17, 15) is 5.11 Å². The Labute approximate surface area is 85.7 Å². The van der Waals surface area contributed by atoms with E-state index in [2.05, 4.69) is 11.2 Å². The predicted octanol–water partition coefficient (Wildman–Crippen LogP) is 1.58. The summed E-state index contributed by atoms with van der Waals surface area (Å²) in [5.74, 6) is 0. The molecule has 0 aromatic carbocycles. The highest BCUT2D eigenvalue weighted by molar-refractivity contribution is 7.99. The van der Waals surface area contributed by atoms with Crippen LogP contribution in [0, 0.1) is 0 Å². The molecule has 0 aliphatic carbocycles. The van der Waals surface area contributed by atoms with Crippen molar-refractivity contribution in [2.75, 3.05) is 25.9 Å². The fourth-order valence-corrected chi connectivity index (χ4v) is 2.66. The zero-order valence-corrected chi connectivity index (χ0v) is 9.73. The molecule has 1 heterocycles. The van der Waals surface area contributed by atoms with Crippen molar-refractivity contribution in [1.29, 1.82) is 0 Å². The van der Waals surface area contributed by atoms with Crippen LogP contribution in [0.5, 0.6) is 0 Å². The zero-order chi connectivity index (χ0) is 9.90. The second-order valence-electron chi connectivity index (χ2n) is 4.55. The van der Waals surface area contributed by atoms with E-state index >= 15 is 0 Å². The van der Waals surface area contributed by atoms with E-state index in [1.54, 1.807) is 0 Å². The van der Waals surface area contributed by atoms with Crippen LogP contribution in [0.4, 0.5) is 0 Å². The minimum atomic E-state index is -0.541. The maximum atomic E-state index is 9.68. The van der Waals surface area contributed by atoms with Crippen LogP contribution in [0.2, 0.25) is 0 Å². The third-order valence-electron chi connectivity index (χ3n) is 2.41. The second kappa shape index (κ2) is 4.67. The van der Waals surface area contributed by atoms with Gasteiger partial charge in [-0.2, -0.15) is 11.8 Å². The summed E-state index contributed by atoms with van der Waals surface area (Å²) < 4.78 is 0. The summed E-state index contributed by atoms with van der Waals surface area (Å²) in [6, 6.07) is 0. The monoisotopic (exact) mass is 203 g/mol. The van der Waals surface area contributed by atoms with Crippen LogP contribution >= 0.6 is 11.8 Å². The standard InChI is InChI=1S/C10H21NOS/c1-10(2,12)8-11-6-4-5-9(7-11)13-3/h9,12H,4-8H2,1-3H3. The van der Waals surface area contributed by atoms with Crippen molar-refractivity contribution >= 4 is 11.8 Å². The lowest BCUT2D eigenvalue weighted by Crippen LogP contribution is -2.44. The molecule has 3 heteroatoms. The van der Waals surface area contributed by atoms with E-state index in [0.29, 0.717) is 0 Å². The van der Waals surface area contributed by atoms with Gasteiger partial charge in [0.15, 0.2) is 0 Å². The average Bonchev–Trinajstić information content (AvgIpc) is 2.01. The van der Waals surface area contributed by atoms with Gasteiger partial charge in [0.1, 0.15) is 0 Å². The largest absolute Gasteiger partial charge is 0.389 e. The van der Waals surface area contributed by atoms with Crippen LogP contribution in [0.3, 0.4) is 0 Å². The van der Waals surface area contributed by atoms with Gasteiger partial charge in [-0.15, -0.1) is 0 Å². The third kappa shape index (κ3) is 4.34. The predicted molar refractivity (Wildman–Crippen MR) is 59.3 cm³/mol. The number of β-amino-alcohol motifs (C(OH)–C–C–N with tert-alkyl or cyclic N) is 1. The number of nitrogens with zero attached hydrogens (tertiary/aromatic N) is 1. The highest BCUT2D eigenvalue weighted by atomic mass is 32.2. The first-order chi connectivity index (χ1) is 6.01. The molecule has 0 aromatic rings. The molecular weight excluding hydrogens is 182 g/mol. The maximum absolute atomic E-state index is 9.68. The van der Waals surface area contributed by atoms with Gasteiger partial charge >= 0.3 is 0 Å². The van der Waals surface area contributed by atoms with Crippen molar-refractivity contribution in [3.63, 3.8) is 0 Å². The Kier molecular flexibility index (Phi) is 4.07. The molecule has 2 nitrogen and oxygen atoms in total. The van der Waals surface area contributed by atoms with E-state index in [-0.39, 0.29) is 0 Å². The number of likely N-dealkylation sites (tertiary alicyclic amines) is 1. The molecule has 0 saturated carbocycles. The first-order valence-electron chi connectivity index (χ1n) is 4.99. The van der Waals surface area contributed by atoms with Crippen LogP contribution in [0.1, 0.15) is 26.7 Å². The lowest BCUT2D eigenvalue weighted by Gasteiger charge is -2.35. The smallest absolute Gasteiger partial charge is 0.0718 e. The Hall–Kier alpha value is 0.270. The molecule has 1 aliphatic heterocycles. The molecule has 13 heavy (non-hydrogen) atoms. The highest BCUT2D eigenvalue weighted by Gasteiger charge is 2.23. The molecule has 1 N–H and O–H groups in total. The Morgan fingerprint density at radius 1 is 1.54 bits per heavy atom. The van der Waals surface area contributed by atoms with Crippen LogP contribution in [0.25, 0.3) is 0 Å². The van der Waals surface area contributed by atoms with Crippen molar-refractivity contribution < 1.29 is 5.11 Å². The summed E-state index contributed by atoms with van der Waals surface area (Å²) in [6.07, 6.45) is 4.80. The van der Waals surface area contributed by atoms with Gasteiger partial charge in [0, 0.05) is 18.3 Å². The summed E-state index contributed by atoms with van der Waals surface area (Å²) in [5.41, 5.74) is -0.541. The van der Waals surface area contributed by atoms with Crippen LogP contribution < -0.4 is 0 Å². The first kappa shape index (κ1) is 11.3. The number of aliphatic hydroxyl groups is 1. The minimum Gasteiger partial charge on any atom is -0.389 e. The molecule has 1 rings (SSSR count). The normalized spacial score (nSPS) is 26.3. The number of rotatable bonds is 3. The van der Waals surface area contributed by atoms with Gasteiger partial charge in [0.05, 0.1) is 5.60 Å². The van der Waals surface area contributed by atoms with Gasteiger partial charge < -0.3 is 5.11 Å². The van der Waals surface area contributed by atoms with Crippen LogP contribution in [0.15, 0.2) is 0 Å². The Bertz CT molecular complexity index is 155. The summed E-state index contributed by atoms with van der Waals surface area (Å²) in [6.45, 7) is 6.88. The first-order valence-corrected chi connectivity index (χ1v) is 6.27. The molecule has 1 atom stereocenters. The molecule has 1 unspecified atom stereocenters. The van der Waals surface area contributed by atoms with Gasteiger partial charge in [-0.25, -0.2) is 0 Å². The SMILES string of the molecule is CSC1CCCN(CC(C)(C)O)C1. The highest BCUT2D eigenvalue weighted by Crippen LogP contribution is 2.21. The number of piperidine rings is 1. The molecule has 0 radical (unpaired) electrons.